The summed E-state index contributed by atoms with van der Waals surface area (Å²) in [4.78, 5) is 2.37. The quantitative estimate of drug-likeness (QED) is 0.706. The molecule has 0 amide bonds. The van der Waals surface area contributed by atoms with E-state index in [0.717, 1.165) is 38.4 Å². The van der Waals surface area contributed by atoms with Crippen LogP contribution in [0.25, 0.3) is 0 Å². The van der Waals surface area contributed by atoms with Crippen LogP contribution in [0, 0.1) is 0 Å². The van der Waals surface area contributed by atoms with Crippen molar-refractivity contribution in [3.8, 4) is 5.75 Å². The number of rotatable bonds is 7. The van der Waals surface area contributed by atoms with Gasteiger partial charge in [-0.25, -0.2) is 0 Å². The molecular formula is C15H24BNO4. The summed E-state index contributed by atoms with van der Waals surface area (Å²) in [5, 5.41) is 18.1. The van der Waals surface area contributed by atoms with Crippen LogP contribution in [0.3, 0.4) is 0 Å². The molecule has 21 heavy (non-hydrogen) atoms. The standard InChI is InChI=1S/C15H24BNO4/c1-2-20-15-4-3-9-17(12-15)10-11-21-14-7-5-13(6-8-14)16(18)19/h5-8,15,18-19H,2-4,9-12H2,1H3. The molecule has 0 aliphatic carbocycles. The van der Waals surface area contributed by atoms with Gasteiger partial charge in [-0.05, 0) is 43.9 Å². The average molecular weight is 293 g/mol. The highest BCUT2D eigenvalue weighted by Crippen LogP contribution is 2.13. The summed E-state index contributed by atoms with van der Waals surface area (Å²) in [5.41, 5.74) is 0.470. The molecule has 1 aromatic carbocycles. The smallest absolute Gasteiger partial charge is 0.488 e. The molecule has 116 valence electrons. The molecule has 1 unspecified atom stereocenters. The summed E-state index contributed by atoms with van der Waals surface area (Å²) in [6.45, 7) is 6.40. The topological polar surface area (TPSA) is 62.2 Å². The third kappa shape index (κ3) is 5.32. The van der Waals surface area contributed by atoms with Crippen molar-refractivity contribution >= 4 is 12.6 Å². The van der Waals surface area contributed by atoms with E-state index in [1.54, 1.807) is 24.3 Å². The molecule has 0 bridgehead atoms. The molecule has 0 spiro atoms. The van der Waals surface area contributed by atoms with Crippen LogP contribution in [0.2, 0.25) is 0 Å². The van der Waals surface area contributed by atoms with E-state index in [0.29, 0.717) is 18.2 Å². The van der Waals surface area contributed by atoms with Crippen LogP contribution in [0.15, 0.2) is 24.3 Å². The minimum Gasteiger partial charge on any atom is -0.492 e. The highest BCUT2D eigenvalue weighted by Gasteiger charge is 2.19. The van der Waals surface area contributed by atoms with E-state index in [1.807, 2.05) is 6.92 Å². The molecular weight excluding hydrogens is 269 g/mol. The number of hydrogen-bond acceptors (Lipinski definition) is 5. The lowest BCUT2D eigenvalue weighted by molar-refractivity contribution is 0.00304. The molecule has 1 heterocycles. The first-order valence-corrected chi connectivity index (χ1v) is 7.62. The van der Waals surface area contributed by atoms with Crippen molar-refractivity contribution in [1.29, 1.82) is 0 Å². The van der Waals surface area contributed by atoms with Crippen LogP contribution < -0.4 is 10.2 Å². The van der Waals surface area contributed by atoms with Crippen LogP contribution in [0.4, 0.5) is 0 Å². The Labute approximate surface area is 126 Å². The predicted octanol–water partition coefficient (Wildman–Crippen LogP) is 0.246. The zero-order chi connectivity index (χ0) is 15.1. The Hall–Kier alpha value is -1.08. The molecule has 1 aliphatic rings. The van der Waals surface area contributed by atoms with Crippen molar-refractivity contribution in [2.45, 2.75) is 25.9 Å². The number of piperidine rings is 1. The van der Waals surface area contributed by atoms with Crippen LogP contribution in [-0.2, 0) is 4.74 Å². The first-order chi connectivity index (χ1) is 10.2. The largest absolute Gasteiger partial charge is 0.492 e. The van der Waals surface area contributed by atoms with Gasteiger partial charge in [-0.2, -0.15) is 0 Å². The van der Waals surface area contributed by atoms with E-state index in [9.17, 15) is 0 Å². The third-order valence-electron chi connectivity index (χ3n) is 3.72. The Morgan fingerprint density at radius 1 is 1.29 bits per heavy atom. The monoisotopic (exact) mass is 293 g/mol. The molecule has 6 heteroatoms. The maximum absolute atomic E-state index is 9.03. The van der Waals surface area contributed by atoms with Gasteiger partial charge < -0.3 is 19.5 Å². The Morgan fingerprint density at radius 2 is 2.05 bits per heavy atom. The number of benzene rings is 1. The normalized spacial score (nSPS) is 19.5. The summed E-state index contributed by atoms with van der Waals surface area (Å²) < 4.78 is 11.4. The van der Waals surface area contributed by atoms with Gasteiger partial charge in [0, 0.05) is 19.7 Å². The summed E-state index contributed by atoms with van der Waals surface area (Å²) in [5.74, 6) is 0.748. The van der Waals surface area contributed by atoms with Crippen molar-refractivity contribution in [2.24, 2.45) is 0 Å². The summed E-state index contributed by atoms with van der Waals surface area (Å²) in [6, 6.07) is 6.83. The first-order valence-electron chi connectivity index (χ1n) is 7.62. The second kappa shape index (κ2) is 8.39. The van der Waals surface area contributed by atoms with Crippen molar-refractivity contribution in [1.82, 2.24) is 4.90 Å². The lowest BCUT2D eigenvalue weighted by Gasteiger charge is -2.32. The molecule has 0 radical (unpaired) electrons. The maximum atomic E-state index is 9.03. The fraction of sp³-hybridized carbons (Fsp3) is 0.600. The van der Waals surface area contributed by atoms with Gasteiger partial charge in [0.25, 0.3) is 0 Å². The highest BCUT2D eigenvalue weighted by atomic mass is 16.5. The summed E-state index contributed by atoms with van der Waals surface area (Å²) in [6.07, 6.45) is 2.68. The lowest BCUT2D eigenvalue weighted by Crippen LogP contribution is -2.41. The fourth-order valence-electron chi connectivity index (χ4n) is 2.62. The molecule has 1 aliphatic heterocycles. The van der Waals surface area contributed by atoms with Gasteiger partial charge in [-0.1, -0.05) is 12.1 Å². The van der Waals surface area contributed by atoms with Crippen LogP contribution >= 0.6 is 0 Å². The van der Waals surface area contributed by atoms with Crippen molar-refractivity contribution in [2.75, 3.05) is 32.8 Å². The molecule has 0 saturated carbocycles. The number of ether oxygens (including phenoxy) is 2. The Kier molecular flexibility index (Phi) is 6.51. The minimum absolute atomic E-state index is 0.356. The Bertz CT molecular complexity index is 411. The van der Waals surface area contributed by atoms with Crippen LogP contribution in [0.5, 0.6) is 5.75 Å². The second-order valence-corrected chi connectivity index (χ2v) is 5.31. The molecule has 5 nitrogen and oxygen atoms in total. The van der Waals surface area contributed by atoms with Gasteiger partial charge in [0.2, 0.25) is 0 Å². The van der Waals surface area contributed by atoms with E-state index in [-0.39, 0.29) is 0 Å². The summed E-state index contributed by atoms with van der Waals surface area (Å²) in [7, 11) is -1.43. The number of hydrogen-bond donors (Lipinski definition) is 2. The van der Waals surface area contributed by atoms with Crippen molar-refractivity contribution < 1.29 is 19.5 Å². The molecule has 2 N–H and O–H groups in total. The average Bonchev–Trinajstić information content (AvgIpc) is 2.48. The third-order valence-corrected chi connectivity index (χ3v) is 3.72. The first kappa shape index (κ1) is 16.3. The van der Waals surface area contributed by atoms with Gasteiger partial charge in [0.15, 0.2) is 0 Å². The Morgan fingerprint density at radius 3 is 2.71 bits per heavy atom. The second-order valence-electron chi connectivity index (χ2n) is 5.31. The molecule has 1 fully saturated rings. The minimum atomic E-state index is -1.43. The van der Waals surface area contributed by atoms with E-state index >= 15 is 0 Å². The van der Waals surface area contributed by atoms with E-state index in [1.165, 1.54) is 6.42 Å². The zero-order valence-electron chi connectivity index (χ0n) is 12.6. The number of nitrogens with zero attached hydrogens (tertiary/aromatic N) is 1. The number of likely N-dealkylation sites (tertiary alicyclic amines) is 1. The van der Waals surface area contributed by atoms with E-state index in [4.69, 9.17) is 19.5 Å². The van der Waals surface area contributed by atoms with Crippen LogP contribution in [-0.4, -0.2) is 61.0 Å². The summed E-state index contributed by atoms with van der Waals surface area (Å²) >= 11 is 0. The fourth-order valence-corrected chi connectivity index (χ4v) is 2.62. The van der Waals surface area contributed by atoms with Gasteiger partial charge in [0.05, 0.1) is 6.10 Å². The van der Waals surface area contributed by atoms with E-state index in [2.05, 4.69) is 4.90 Å². The zero-order valence-corrected chi connectivity index (χ0v) is 12.6. The van der Waals surface area contributed by atoms with E-state index < -0.39 is 7.12 Å². The molecule has 1 atom stereocenters. The molecule has 1 saturated heterocycles. The van der Waals surface area contributed by atoms with Crippen LogP contribution in [0.1, 0.15) is 19.8 Å². The maximum Gasteiger partial charge on any atom is 0.488 e. The molecule has 1 aromatic rings. The van der Waals surface area contributed by atoms with Crippen molar-refractivity contribution in [3.05, 3.63) is 24.3 Å². The van der Waals surface area contributed by atoms with Gasteiger partial charge in [0.1, 0.15) is 12.4 Å². The molecule has 2 rings (SSSR count). The van der Waals surface area contributed by atoms with Gasteiger partial charge >= 0.3 is 7.12 Å². The SMILES string of the molecule is CCOC1CCCN(CCOc2ccc(B(O)O)cc2)C1. The highest BCUT2D eigenvalue weighted by molar-refractivity contribution is 6.58. The predicted molar refractivity (Wildman–Crippen MR) is 82.9 cm³/mol. The molecule has 0 aromatic heterocycles. The van der Waals surface area contributed by atoms with Crippen molar-refractivity contribution in [3.63, 3.8) is 0 Å². The van der Waals surface area contributed by atoms with Gasteiger partial charge in [-0.15, -0.1) is 0 Å². The lowest BCUT2D eigenvalue weighted by atomic mass is 9.80. The Balaban J connectivity index is 1.71. The van der Waals surface area contributed by atoms with Gasteiger partial charge in [-0.3, -0.25) is 4.90 Å².